The molecule has 0 fully saturated rings. The van der Waals surface area contributed by atoms with Gasteiger partial charge >= 0.3 is 0 Å². The van der Waals surface area contributed by atoms with E-state index in [2.05, 4.69) is 0 Å². The minimum Gasteiger partial charge on any atom is -0.388 e. The van der Waals surface area contributed by atoms with Gasteiger partial charge in [0.2, 0.25) is 0 Å². The second-order valence-electron chi connectivity index (χ2n) is 4.13. The van der Waals surface area contributed by atoms with Crippen LogP contribution in [0.5, 0.6) is 0 Å². The van der Waals surface area contributed by atoms with Gasteiger partial charge in [0.15, 0.2) is 0 Å². The van der Waals surface area contributed by atoms with E-state index < -0.39 is 11.9 Å². The third-order valence-electron chi connectivity index (χ3n) is 2.75. The molecule has 0 aliphatic rings. The fraction of sp³-hybridized carbons (Fsp3) is 0.143. The zero-order valence-electron chi connectivity index (χ0n) is 9.71. The van der Waals surface area contributed by atoms with E-state index in [4.69, 9.17) is 34.8 Å². The van der Waals surface area contributed by atoms with Gasteiger partial charge in [0.05, 0.1) is 16.1 Å². The summed E-state index contributed by atoms with van der Waals surface area (Å²) in [4.78, 5) is 0. The highest BCUT2D eigenvalue weighted by molar-refractivity contribution is 6.42. The molecule has 0 bridgehead atoms. The van der Waals surface area contributed by atoms with Gasteiger partial charge < -0.3 is 5.11 Å². The average Bonchev–Trinajstić information content (AvgIpc) is 2.37. The largest absolute Gasteiger partial charge is 0.388 e. The minimum absolute atomic E-state index is 0.115. The van der Waals surface area contributed by atoms with Gasteiger partial charge in [0.1, 0.15) is 5.82 Å². The zero-order valence-corrected chi connectivity index (χ0v) is 12.0. The lowest BCUT2D eigenvalue weighted by molar-refractivity contribution is 0.177. The first-order valence-electron chi connectivity index (χ1n) is 5.54. The van der Waals surface area contributed by atoms with Crippen LogP contribution >= 0.6 is 34.8 Å². The number of aliphatic hydroxyl groups is 1. The number of rotatable bonds is 3. The molecule has 1 unspecified atom stereocenters. The summed E-state index contributed by atoms with van der Waals surface area (Å²) in [5, 5.41) is 11.3. The van der Waals surface area contributed by atoms with Gasteiger partial charge in [-0.15, -0.1) is 0 Å². The van der Waals surface area contributed by atoms with E-state index in [0.29, 0.717) is 26.2 Å². The molecule has 1 nitrogen and oxygen atoms in total. The first kappa shape index (κ1) is 14.6. The Bertz CT molecular complexity index is 601. The van der Waals surface area contributed by atoms with E-state index in [-0.39, 0.29) is 6.42 Å². The molecule has 0 saturated carbocycles. The third kappa shape index (κ3) is 3.61. The molecule has 19 heavy (non-hydrogen) atoms. The van der Waals surface area contributed by atoms with Crippen molar-refractivity contribution in [2.75, 3.05) is 0 Å². The van der Waals surface area contributed by atoms with Crippen LogP contribution in [0.1, 0.15) is 17.2 Å². The topological polar surface area (TPSA) is 20.2 Å². The Hall–Kier alpha value is -0.800. The van der Waals surface area contributed by atoms with Crippen molar-refractivity contribution in [3.63, 3.8) is 0 Å². The minimum atomic E-state index is -0.872. The van der Waals surface area contributed by atoms with Crippen molar-refractivity contribution in [2.45, 2.75) is 12.5 Å². The second-order valence-corrected chi connectivity index (χ2v) is 5.38. The molecule has 0 aliphatic carbocycles. The van der Waals surface area contributed by atoms with Crippen molar-refractivity contribution >= 4 is 34.8 Å². The van der Waals surface area contributed by atoms with Crippen molar-refractivity contribution in [2.24, 2.45) is 0 Å². The Balaban J connectivity index is 2.22. The highest BCUT2D eigenvalue weighted by Gasteiger charge is 2.13. The van der Waals surface area contributed by atoms with Gasteiger partial charge in [0.25, 0.3) is 0 Å². The maximum Gasteiger partial charge on any atom is 0.126 e. The third-order valence-corrected chi connectivity index (χ3v) is 3.72. The van der Waals surface area contributed by atoms with E-state index in [1.807, 2.05) is 0 Å². The van der Waals surface area contributed by atoms with E-state index >= 15 is 0 Å². The van der Waals surface area contributed by atoms with E-state index in [1.54, 1.807) is 18.2 Å². The van der Waals surface area contributed by atoms with Crippen molar-refractivity contribution in [1.29, 1.82) is 0 Å². The predicted octanol–water partition coefficient (Wildman–Crippen LogP) is 5.06. The number of hydrogen-bond acceptors (Lipinski definition) is 1. The van der Waals surface area contributed by atoms with Gasteiger partial charge in [-0.05, 0) is 41.5 Å². The van der Waals surface area contributed by atoms with Crippen LogP contribution in [0.2, 0.25) is 15.1 Å². The smallest absolute Gasteiger partial charge is 0.126 e. The van der Waals surface area contributed by atoms with Gasteiger partial charge in [0, 0.05) is 11.4 Å². The van der Waals surface area contributed by atoms with Crippen LogP contribution in [0, 0.1) is 5.82 Å². The number of halogens is 4. The lowest BCUT2D eigenvalue weighted by atomic mass is 10.0. The Morgan fingerprint density at radius 3 is 2.42 bits per heavy atom. The molecule has 0 radical (unpaired) electrons. The van der Waals surface area contributed by atoms with Crippen LogP contribution in [-0.2, 0) is 6.42 Å². The zero-order chi connectivity index (χ0) is 14.0. The van der Waals surface area contributed by atoms with Crippen LogP contribution in [0.15, 0.2) is 36.4 Å². The highest BCUT2D eigenvalue weighted by Crippen LogP contribution is 2.28. The van der Waals surface area contributed by atoms with Crippen molar-refractivity contribution < 1.29 is 9.50 Å². The Morgan fingerprint density at radius 2 is 1.74 bits per heavy atom. The average molecular weight is 320 g/mol. The Labute approximate surface area is 125 Å². The van der Waals surface area contributed by atoms with Crippen LogP contribution < -0.4 is 0 Å². The Kier molecular flexibility index (Phi) is 4.69. The lowest BCUT2D eigenvalue weighted by Crippen LogP contribution is -2.03. The Morgan fingerprint density at radius 1 is 1.00 bits per heavy atom. The van der Waals surface area contributed by atoms with Crippen LogP contribution in [0.3, 0.4) is 0 Å². The normalized spacial score (nSPS) is 12.5. The lowest BCUT2D eigenvalue weighted by Gasteiger charge is -2.12. The summed E-state index contributed by atoms with van der Waals surface area (Å²) < 4.78 is 13.6. The van der Waals surface area contributed by atoms with Gasteiger partial charge in [-0.25, -0.2) is 4.39 Å². The predicted molar refractivity (Wildman–Crippen MR) is 76.5 cm³/mol. The molecule has 0 aromatic heterocycles. The summed E-state index contributed by atoms with van der Waals surface area (Å²) in [7, 11) is 0. The molecule has 5 heteroatoms. The van der Waals surface area contributed by atoms with Crippen molar-refractivity contribution in [1.82, 2.24) is 0 Å². The van der Waals surface area contributed by atoms with Crippen molar-refractivity contribution in [3.05, 3.63) is 68.4 Å². The second kappa shape index (κ2) is 6.10. The standard InChI is InChI=1S/C14H10Cl3FO/c15-10-2-4-13(18)9(5-10)7-14(19)8-1-3-11(16)12(17)6-8/h1-6,14,19H,7H2. The molecular weight excluding hydrogens is 310 g/mol. The van der Waals surface area contributed by atoms with Gasteiger partial charge in [-0.3, -0.25) is 0 Å². The monoisotopic (exact) mass is 318 g/mol. The first-order valence-corrected chi connectivity index (χ1v) is 6.67. The van der Waals surface area contributed by atoms with E-state index in [1.165, 1.54) is 18.2 Å². The molecule has 0 amide bonds. The molecule has 2 aromatic carbocycles. The van der Waals surface area contributed by atoms with Crippen LogP contribution in [-0.4, -0.2) is 5.11 Å². The fourth-order valence-electron chi connectivity index (χ4n) is 1.75. The highest BCUT2D eigenvalue weighted by atomic mass is 35.5. The summed E-state index contributed by atoms with van der Waals surface area (Å²) >= 11 is 17.5. The maximum absolute atomic E-state index is 13.6. The number of benzene rings is 2. The number of hydrogen-bond donors (Lipinski definition) is 1. The number of aliphatic hydroxyl groups excluding tert-OH is 1. The summed E-state index contributed by atoms with van der Waals surface area (Å²) in [5.74, 6) is -0.400. The summed E-state index contributed by atoms with van der Waals surface area (Å²) in [5.41, 5.74) is 0.930. The molecule has 0 heterocycles. The molecule has 2 rings (SSSR count). The van der Waals surface area contributed by atoms with Crippen LogP contribution in [0.25, 0.3) is 0 Å². The van der Waals surface area contributed by atoms with E-state index in [9.17, 15) is 9.50 Å². The first-order chi connectivity index (χ1) is 8.97. The summed E-state index contributed by atoms with van der Waals surface area (Å²) in [6.07, 6.45) is -0.757. The molecule has 1 atom stereocenters. The fourth-order valence-corrected chi connectivity index (χ4v) is 2.25. The molecule has 100 valence electrons. The molecule has 2 aromatic rings. The molecule has 0 spiro atoms. The molecular formula is C14H10Cl3FO. The van der Waals surface area contributed by atoms with Gasteiger partial charge in [-0.1, -0.05) is 40.9 Å². The van der Waals surface area contributed by atoms with Crippen molar-refractivity contribution in [3.8, 4) is 0 Å². The quantitative estimate of drug-likeness (QED) is 0.838. The maximum atomic E-state index is 13.6. The van der Waals surface area contributed by atoms with Gasteiger partial charge in [-0.2, -0.15) is 0 Å². The SMILES string of the molecule is OC(Cc1cc(Cl)ccc1F)c1ccc(Cl)c(Cl)c1. The summed E-state index contributed by atoms with van der Waals surface area (Å²) in [6.45, 7) is 0. The van der Waals surface area contributed by atoms with E-state index in [0.717, 1.165) is 0 Å². The molecule has 0 saturated heterocycles. The van der Waals surface area contributed by atoms with Crippen LogP contribution in [0.4, 0.5) is 4.39 Å². The molecule has 0 aliphatic heterocycles. The molecule has 1 N–H and O–H groups in total. The summed E-state index contributed by atoms with van der Waals surface area (Å²) in [6, 6.07) is 9.05.